The number of ketones is 1. The third kappa shape index (κ3) is 6.25. The maximum Gasteiger partial charge on any atom is 0.311 e. The predicted molar refractivity (Wildman–Crippen MR) is 132 cm³/mol. The molecule has 0 aromatic heterocycles. The summed E-state index contributed by atoms with van der Waals surface area (Å²) in [4.78, 5) is 23.4. The molecule has 4 heteroatoms. The number of aryl methyl sites for hydroxylation is 2. The van der Waals surface area contributed by atoms with Crippen molar-refractivity contribution in [2.24, 2.45) is 0 Å². The van der Waals surface area contributed by atoms with Gasteiger partial charge in [0.05, 0.1) is 7.11 Å². The van der Waals surface area contributed by atoms with Crippen LogP contribution in [0.5, 0.6) is 11.5 Å². The van der Waals surface area contributed by atoms with Crippen molar-refractivity contribution in [1.82, 2.24) is 0 Å². The number of carbonyl (C=O) groups is 2. The van der Waals surface area contributed by atoms with Crippen LogP contribution < -0.4 is 9.47 Å². The molecule has 0 radical (unpaired) electrons. The number of benzene rings is 2. The summed E-state index contributed by atoms with van der Waals surface area (Å²) < 4.78 is 11.2. The zero-order valence-electron chi connectivity index (χ0n) is 20.7. The van der Waals surface area contributed by atoms with E-state index in [1.165, 1.54) is 30.4 Å². The van der Waals surface area contributed by atoms with E-state index >= 15 is 0 Å². The van der Waals surface area contributed by atoms with Crippen molar-refractivity contribution >= 4 is 11.8 Å². The van der Waals surface area contributed by atoms with Crippen molar-refractivity contribution in [2.45, 2.75) is 90.4 Å². The summed E-state index contributed by atoms with van der Waals surface area (Å²) in [6.07, 6.45) is 9.38. The third-order valence-electron chi connectivity index (χ3n) is 7.02. The third-order valence-corrected chi connectivity index (χ3v) is 7.02. The average molecular weight is 451 g/mol. The van der Waals surface area contributed by atoms with E-state index in [1.807, 2.05) is 13.0 Å². The van der Waals surface area contributed by atoms with Gasteiger partial charge in [-0.1, -0.05) is 49.9 Å². The lowest BCUT2D eigenvalue weighted by Gasteiger charge is -2.39. The Hall–Kier alpha value is -2.62. The fraction of sp³-hybridized carbons (Fsp3) is 0.517. The molecule has 3 rings (SSSR count). The Morgan fingerprint density at radius 1 is 0.818 bits per heavy atom. The molecule has 0 heterocycles. The maximum atomic E-state index is 12.3. The normalized spacial score (nSPS) is 15.2. The van der Waals surface area contributed by atoms with Gasteiger partial charge in [0.25, 0.3) is 0 Å². The summed E-state index contributed by atoms with van der Waals surface area (Å²) in [5.74, 6) is 1.56. The molecule has 0 saturated heterocycles. The number of ether oxygens (including phenoxy) is 2. The monoisotopic (exact) mass is 450 g/mol. The van der Waals surface area contributed by atoms with Crippen molar-refractivity contribution in [1.29, 1.82) is 0 Å². The van der Waals surface area contributed by atoms with Crippen LogP contribution >= 0.6 is 0 Å². The Bertz CT molecular complexity index is 970. The van der Waals surface area contributed by atoms with Crippen LogP contribution in [0.2, 0.25) is 0 Å². The van der Waals surface area contributed by atoms with Crippen molar-refractivity contribution in [3.8, 4) is 11.5 Å². The lowest BCUT2D eigenvalue weighted by atomic mass is 9.65. The van der Waals surface area contributed by atoms with Gasteiger partial charge in [-0.2, -0.15) is 0 Å². The second-order valence-corrected chi connectivity index (χ2v) is 9.54. The molecule has 0 atom stereocenters. The molecule has 0 spiro atoms. The average Bonchev–Trinajstić information content (AvgIpc) is 2.80. The van der Waals surface area contributed by atoms with Crippen molar-refractivity contribution in [3.05, 3.63) is 58.7 Å². The van der Waals surface area contributed by atoms with Crippen molar-refractivity contribution in [3.63, 3.8) is 0 Å². The van der Waals surface area contributed by atoms with Gasteiger partial charge in [-0.05, 0) is 80.8 Å². The number of unbranched alkanes of at least 4 members (excludes halogenated alkanes) is 2. The highest BCUT2D eigenvalue weighted by Gasteiger charge is 2.36. The number of esters is 1. The molecular weight excluding hydrogens is 412 g/mol. The Morgan fingerprint density at radius 3 is 1.94 bits per heavy atom. The summed E-state index contributed by atoms with van der Waals surface area (Å²) in [5.41, 5.74) is 4.78. The van der Waals surface area contributed by atoms with Gasteiger partial charge in [-0.3, -0.25) is 4.79 Å². The van der Waals surface area contributed by atoms with Gasteiger partial charge >= 0.3 is 5.97 Å². The van der Waals surface area contributed by atoms with Crippen molar-refractivity contribution in [2.75, 3.05) is 7.11 Å². The van der Waals surface area contributed by atoms with E-state index in [-0.39, 0.29) is 17.2 Å². The number of carbonyl (C=O) groups excluding carboxylic acids is 2. The molecule has 33 heavy (non-hydrogen) atoms. The number of Topliss-reactive ketones (excluding diaryl/α,β-unsaturated/α-hetero) is 1. The number of hydrogen-bond donors (Lipinski definition) is 0. The van der Waals surface area contributed by atoms with Crippen LogP contribution in [0, 0.1) is 13.8 Å². The Balaban J connectivity index is 1.75. The Morgan fingerprint density at radius 2 is 1.39 bits per heavy atom. The van der Waals surface area contributed by atoms with Gasteiger partial charge in [0.1, 0.15) is 17.3 Å². The first-order valence-electron chi connectivity index (χ1n) is 12.3. The van der Waals surface area contributed by atoms with Gasteiger partial charge in [0.2, 0.25) is 0 Å². The first kappa shape index (κ1) is 25.0. The second kappa shape index (κ2) is 11.5. The minimum absolute atomic E-state index is 0.0146. The van der Waals surface area contributed by atoms with E-state index in [9.17, 15) is 9.59 Å². The molecule has 0 N–H and O–H groups in total. The SMILES string of the molecule is COc1ccc(C2(c3ccc(OC(=O)CCCCCC(C)=O)c(C)c3)CCCCC2)cc1C. The largest absolute Gasteiger partial charge is 0.496 e. The molecule has 0 aliphatic heterocycles. The molecule has 1 aliphatic carbocycles. The maximum absolute atomic E-state index is 12.3. The fourth-order valence-electron chi connectivity index (χ4n) is 5.13. The molecule has 1 fully saturated rings. The van der Waals surface area contributed by atoms with Crippen LogP contribution in [0.15, 0.2) is 36.4 Å². The van der Waals surface area contributed by atoms with Gasteiger partial charge in [0.15, 0.2) is 0 Å². The van der Waals surface area contributed by atoms with E-state index in [0.29, 0.717) is 18.6 Å². The standard InChI is InChI=1S/C29H38O4/c1-21-19-24(13-15-26(21)32-4)29(17-9-6-10-18-29)25-14-16-27(22(2)20-25)33-28(31)12-8-5-7-11-23(3)30/h13-16,19-20H,5-12,17-18H2,1-4H3. The van der Waals surface area contributed by atoms with Crippen LogP contribution in [0.4, 0.5) is 0 Å². The first-order valence-corrected chi connectivity index (χ1v) is 12.3. The minimum Gasteiger partial charge on any atom is -0.496 e. The molecule has 0 bridgehead atoms. The number of methoxy groups -OCH3 is 1. The van der Waals surface area contributed by atoms with Gasteiger partial charge in [-0.25, -0.2) is 0 Å². The van der Waals surface area contributed by atoms with Gasteiger partial charge in [0, 0.05) is 18.3 Å². The molecule has 2 aromatic rings. The van der Waals surface area contributed by atoms with Crippen LogP contribution in [-0.4, -0.2) is 18.9 Å². The smallest absolute Gasteiger partial charge is 0.311 e. The zero-order chi connectivity index (χ0) is 23.8. The summed E-state index contributed by atoms with van der Waals surface area (Å²) >= 11 is 0. The first-order chi connectivity index (χ1) is 15.9. The van der Waals surface area contributed by atoms with Gasteiger partial charge in [-0.15, -0.1) is 0 Å². The number of hydrogen-bond acceptors (Lipinski definition) is 4. The Labute approximate surface area is 198 Å². The quantitative estimate of drug-likeness (QED) is 0.222. The molecule has 0 unspecified atom stereocenters. The van der Waals surface area contributed by atoms with E-state index in [1.54, 1.807) is 14.0 Å². The van der Waals surface area contributed by atoms with E-state index < -0.39 is 0 Å². The molecule has 178 valence electrons. The lowest BCUT2D eigenvalue weighted by molar-refractivity contribution is -0.134. The van der Waals surface area contributed by atoms with Crippen LogP contribution in [0.3, 0.4) is 0 Å². The molecule has 2 aromatic carbocycles. The second-order valence-electron chi connectivity index (χ2n) is 9.54. The molecular formula is C29H38O4. The molecule has 4 nitrogen and oxygen atoms in total. The molecule has 1 saturated carbocycles. The molecule has 0 amide bonds. The highest BCUT2D eigenvalue weighted by Crippen LogP contribution is 2.46. The highest BCUT2D eigenvalue weighted by molar-refractivity contribution is 5.75. The van der Waals surface area contributed by atoms with Gasteiger partial charge < -0.3 is 14.3 Å². The fourth-order valence-corrected chi connectivity index (χ4v) is 5.13. The van der Waals surface area contributed by atoms with E-state index in [0.717, 1.165) is 49.0 Å². The lowest BCUT2D eigenvalue weighted by Crippen LogP contribution is -2.30. The van der Waals surface area contributed by atoms with E-state index in [4.69, 9.17) is 9.47 Å². The highest BCUT2D eigenvalue weighted by atomic mass is 16.5. The van der Waals surface area contributed by atoms with E-state index in [2.05, 4.69) is 37.3 Å². The van der Waals surface area contributed by atoms with Crippen LogP contribution in [0.25, 0.3) is 0 Å². The topological polar surface area (TPSA) is 52.6 Å². The van der Waals surface area contributed by atoms with Crippen LogP contribution in [-0.2, 0) is 15.0 Å². The summed E-state index contributed by atoms with van der Waals surface area (Å²) in [6.45, 7) is 5.73. The molecule has 1 aliphatic rings. The summed E-state index contributed by atoms with van der Waals surface area (Å²) in [7, 11) is 1.72. The zero-order valence-corrected chi connectivity index (χ0v) is 20.7. The number of rotatable bonds is 10. The summed E-state index contributed by atoms with van der Waals surface area (Å²) in [6, 6.07) is 12.9. The predicted octanol–water partition coefficient (Wildman–Crippen LogP) is 7.01. The summed E-state index contributed by atoms with van der Waals surface area (Å²) in [5, 5.41) is 0. The van der Waals surface area contributed by atoms with Crippen molar-refractivity contribution < 1.29 is 19.1 Å². The Kier molecular flexibility index (Phi) is 8.71. The van der Waals surface area contributed by atoms with Crippen LogP contribution in [0.1, 0.15) is 93.4 Å². The minimum atomic E-state index is -0.202.